The lowest BCUT2D eigenvalue weighted by Crippen LogP contribution is -1.27. The minimum Gasteiger partial charge on any atom is -0.235 e. The second kappa shape index (κ2) is 287. The van der Waals surface area contributed by atoms with Gasteiger partial charge in [-0.25, -0.2) is 4.78 Å². The van der Waals surface area contributed by atoms with Gasteiger partial charge in [-0.05, 0) is 0 Å². The molecule has 0 spiro atoms. The molecule has 0 aliphatic heterocycles. The molecule has 1 nitrogen and oxygen atoms in total. The third kappa shape index (κ3) is 16300000. The van der Waals surface area contributed by atoms with E-state index < -0.39 is 0 Å². The molecule has 0 amide bonds. The molecular formula is C19H55NS. The van der Waals surface area contributed by atoms with Crippen molar-refractivity contribution in [2.75, 3.05) is 0 Å². The minimum absolute atomic E-state index is 0. The maximum absolute atomic E-state index is 5.33. The highest BCUT2D eigenvalue weighted by molar-refractivity contribution is 7.45. The number of hydrogen-bond acceptors (Lipinski definition) is 2. The Hall–Kier alpha value is 0.0200. The third-order valence-corrected chi connectivity index (χ3v) is 0. The van der Waals surface area contributed by atoms with Gasteiger partial charge in [0.15, 0.2) is 0 Å². The van der Waals surface area contributed by atoms with Gasteiger partial charge in [0.25, 0.3) is 0 Å². The molecule has 0 heterocycles. The lowest BCUT2D eigenvalue weighted by atomic mass is 10.6. The summed E-state index contributed by atoms with van der Waals surface area (Å²) in [6.45, 7) is 29.2. The molecule has 142 valence electrons. The van der Waals surface area contributed by atoms with Crippen molar-refractivity contribution in [3.05, 3.63) is 0 Å². The van der Waals surface area contributed by atoms with E-state index in [4.69, 9.17) is 4.78 Å². The van der Waals surface area contributed by atoms with Crippen molar-refractivity contribution in [3.8, 4) is 0 Å². The summed E-state index contributed by atoms with van der Waals surface area (Å²) in [4.78, 5) is 0. The van der Waals surface area contributed by atoms with E-state index in [1.54, 1.807) is 0 Å². The van der Waals surface area contributed by atoms with Crippen LogP contribution in [0.3, 0.4) is 0 Å². The number of rotatable bonds is 0. The van der Waals surface area contributed by atoms with Crippen LogP contribution in [0.5, 0.6) is 0 Å². The van der Waals surface area contributed by atoms with Crippen molar-refractivity contribution >= 4 is 12.4 Å². The van der Waals surface area contributed by atoms with Gasteiger partial charge in [0.2, 0.25) is 0 Å². The molecule has 2 heteroatoms. The van der Waals surface area contributed by atoms with E-state index in [9.17, 15) is 0 Å². The van der Waals surface area contributed by atoms with Crippen LogP contribution in [0.4, 0.5) is 0 Å². The smallest absolute Gasteiger partial charge is 0.0324 e. The van der Waals surface area contributed by atoms with Crippen LogP contribution in [0.15, 0.2) is 0 Å². The molecule has 0 aromatic rings. The van der Waals surface area contributed by atoms with Crippen molar-refractivity contribution < 1.29 is 1.43 Å². The highest BCUT2D eigenvalue weighted by Gasteiger charge is 1.36. The zero-order valence-corrected chi connectivity index (χ0v) is 19.3. The zero-order chi connectivity index (χ0) is 19.5. The number of nitrogens with one attached hydrogen (secondary N) is 1. The molecule has 0 radical (unpaired) electrons. The van der Waals surface area contributed by atoms with E-state index in [1.165, 1.54) is 32.1 Å². The Labute approximate surface area is 148 Å². The fraction of sp³-hybridized carbons (Fsp3) is 1.00. The minimum atomic E-state index is 0. The summed E-state index contributed by atoms with van der Waals surface area (Å²) in [5, 5.41) is 0. The van der Waals surface area contributed by atoms with E-state index in [0.717, 1.165) is 0 Å². The van der Waals surface area contributed by atoms with Crippen LogP contribution in [0.25, 0.3) is 0 Å². The molecule has 0 aliphatic carbocycles. The van der Waals surface area contributed by atoms with Gasteiger partial charge in [-0.1, -0.05) is 129 Å². The van der Waals surface area contributed by atoms with Gasteiger partial charge >= 0.3 is 0 Å². The fourth-order valence-electron chi connectivity index (χ4n) is 0. The molecule has 1 N–H and O–H groups in total. The van der Waals surface area contributed by atoms with E-state index >= 15 is 0 Å². The Morgan fingerprint density at radius 3 is 0.429 bits per heavy atom. The molecule has 0 aromatic carbocycles. The van der Waals surface area contributed by atoms with E-state index in [-0.39, 0.29) is 1.43 Å². The Morgan fingerprint density at radius 2 is 0.429 bits per heavy atom. The highest BCUT2D eigenvalue weighted by Crippen LogP contribution is 1.57. The van der Waals surface area contributed by atoms with Crippen LogP contribution in [-0.2, 0) is 12.4 Å². The van der Waals surface area contributed by atoms with Gasteiger partial charge < -0.3 is 0 Å². The molecule has 0 saturated heterocycles. The second-order valence-corrected chi connectivity index (χ2v) is 3.54. The average Bonchev–Trinajstić information content (AvgIpc) is 2.49. The standard InChI is InChI=1S/5C3H8.2C2H6.HNS.H2/c5*1-3-2;3*1-2;/h5*3H2,1-2H3;2*1-2H3;1H;1H/i;;;;;;;;1+2. The topological polar surface area (TPSA) is 23.9 Å². The third-order valence-electron chi connectivity index (χ3n) is 0. The number of hydrogen-bond donors (Lipinski definition) is 1. The van der Waals surface area contributed by atoms with Crippen LogP contribution in [-0.4, -0.2) is 0 Å². The zero-order valence-electron chi connectivity index (χ0n) is 18.4. The average molecular weight is 332 g/mol. The second-order valence-electron chi connectivity index (χ2n) is 3.54. The summed E-state index contributed by atoms with van der Waals surface area (Å²) < 4.78 is 5.33. The summed E-state index contributed by atoms with van der Waals surface area (Å²) in [5.74, 6) is 0. The monoisotopic (exact) mass is 331 g/mol. The van der Waals surface area contributed by atoms with Gasteiger partial charge in [-0.3, -0.25) is 0 Å². The van der Waals surface area contributed by atoms with E-state index in [2.05, 4.69) is 81.7 Å². The largest absolute Gasteiger partial charge is 0.235 e. The summed E-state index contributed by atoms with van der Waals surface area (Å²) in [5.41, 5.74) is 0. The van der Waals surface area contributed by atoms with Gasteiger partial charge in [0.1, 0.15) is 0 Å². The Bertz CT molecular complexity index is 36.8. The molecule has 21 heavy (non-hydrogen) atoms. The lowest BCUT2D eigenvalue weighted by molar-refractivity contribution is 1.09. The van der Waals surface area contributed by atoms with Crippen LogP contribution >= 0.6 is 0 Å². The predicted octanol–water partition coefficient (Wildman–Crippen LogP) is 9.68. The summed E-state index contributed by atoms with van der Waals surface area (Å²) >= 11 is 3.33. The maximum Gasteiger partial charge on any atom is 0.0324 e. The molecule has 0 saturated carbocycles. The first-order valence-electron chi connectivity index (χ1n) is 9.28. The van der Waals surface area contributed by atoms with Crippen molar-refractivity contribution in [2.45, 2.75) is 129 Å². The molecular weight excluding hydrogens is 274 g/mol. The van der Waals surface area contributed by atoms with Crippen LogP contribution in [0.2, 0.25) is 0 Å². The first-order chi connectivity index (χ1) is 10.1. The Morgan fingerprint density at radius 1 is 0.429 bits per heavy atom. The van der Waals surface area contributed by atoms with Gasteiger partial charge in [0, 0.05) is 13.9 Å². The highest BCUT2D eigenvalue weighted by atomic mass is 32.1. The molecule has 0 fully saturated rings. The SMILES string of the molecule is CC.CC.CCC.CCC.CCC.CCC.CCC.N=S.[3HH]. The first kappa shape index (κ1) is 49.7. The summed E-state index contributed by atoms with van der Waals surface area (Å²) in [6.07, 6.45) is 6.25. The van der Waals surface area contributed by atoms with Gasteiger partial charge in [-0.2, -0.15) is 0 Å². The van der Waals surface area contributed by atoms with E-state index in [0.29, 0.717) is 0 Å². The molecule has 0 unspecified atom stereocenters. The van der Waals surface area contributed by atoms with Crippen LogP contribution in [0.1, 0.15) is 130 Å². The first-order valence-corrected chi connectivity index (χ1v) is 9.68. The van der Waals surface area contributed by atoms with Crippen molar-refractivity contribution in [1.29, 1.82) is 4.78 Å². The fourth-order valence-corrected chi connectivity index (χ4v) is 0. The lowest BCUT2D eigenvalue weighted by Gasteiger charge is -1.48. The van der Waals surface area contributed by atoms with Crippen molar-refractivity contribution in [3.63, 3.8) is 0 Å². The van der Waals surface area contributed by atoms with Gasteiger partial charge in [-0.15, -0.1) is 0 Å². The van der Waals surface area contributed by atoms with Crippen LogP contribution < -0.4 is 0 Å². The quantitative estimate of drug-likeness (QED) is 0.469. The van der Waals surface area contributed by atoms with Crippen molar-refractivity contribution in [1.82, 2.24) is 0 Å². The van der Waals surface area contributed by atoms with E-state index in [1.807, 2.05) is 27.7 Å². The molecule has 0 atom stereocenters. The van der Waals surface area contributed by atoms with Crippen molar-refractivity contribution in [2.24, 2.45) is 0 Å². The predicted molar refractivity (Wildman–Crippen MR) is 115 cm³/mol. The normalized spacial score (nSPS) is 5.05. The Balaban J connectivity index is -0.0000000126. The Kier molecular flexibility index (Phi) is 680. The molecule has 0 rings (SSSR count). The van der Waals surface area contributed by atoms with Crippen LogP contribution in [0, 0.1) is 4.78 Å². The summed E-state index contributed by atoms with van der Waals surface area (Å²) in [7, 11) is 0. The summed E-state index contributed by atoms with van der Waals surface area (Å²) in [6, 6.07) is 0. The maximum atomic E-state index is 5.33. The molecule has 0 bridgehead atoms. The van der Waals surface area contributed by atoms with Gasteiger partial charge in [0.05, 0.1) is 0 Å². The molecule has 0 aromatic heterocycles. The molecule has 0 aliphatic rings.